The van der Waals surface area contributed by atoms with Crippen LogP contribution in [0, 0.1) is 0 Å². The van der Waals surface area contributed by atoms with Gasteiger partial charge in [0.15, 0.2) is 0 Å². The van der Waals surface area contributed by atoms with Crippen LogP contribution in [-0.4, -0.2) is 30.4 Å². The summed E-state index contributed by atoms with van der Waals surface area (Å²) in [6.45, 7) is 2.92. The highest BCUT2D eigenvalue weighted by Crippen LogP contribution is 2.14. The van der Waals surface area contributed by atoms with Gasteiger partial charge >= 0.3 is 5.97 Å². The van der Waals surface area contributed by atoms with Crippen LogP contribution in [-0.2, 0) is 15.3 Å². The minimum Gasteiger partial charge on any atom is -0.469 e. The largest absolute Gasteiger partial charge is 0.469 e. The van der Waals surface area contributed by atoms with Gasteiger partial charge in [-0.15, -0.1) is 0 Å². The molecule has 1 aromatic rings. The van der Waals surface area contributed by atoms with Crippen LogP contribution in [0.25, 0.3) is 0 Å². The lowest BCUT2D eigenvalue weighted by Crippen LogP contribution is -2.01. The van der Waals surface area contributed by atoms with Crippen molar-refractivity contribution >= 4 is 23.5 Å². The van der Waals surface area contributed by atoms with E-state index in [2.05, 4.69) is 21.1 Å². The Morgan fingerprint density at radius 3 is 2.94 bits per heavy atom. The first kappa shape index (κ1) is 13.8. The number of esters is 1. The number of anilines is 1. The summed E-state index contributed by atoms with van der Waals surface area (Å²) >= 11 is 1.71. The number of hydrogen-bond acceptors (Lipinski definition) is 5. The first-order chi connectivity index (χ1) is 8.26. The molecule has 0 aliphatic heterocycles. The minimum absolute atomic E-state index is 0.155. The maximum atomic E-state index is 10.9. The molecule has 1 N–H and O–H groups in total. The quantitative estimate of drug-likeness (QED) is 0.598. The summed E-state index contributed by atoms with van der Waals surface area (Å²) < 4.78 is 4.57. The van der Waals surface area contributed by atoms with Crippen molar-refractivity contribution in [2.24, 2.45) is 0 Å². The monoisotopic (exact) mass is 254 g/mol. The van der Waals surface area contributed by atoms with Gasteiger partial charge < -0.3 is 10.1 Å². The third-order valence-corrected chi connectivity index (χ3v) is 3.16. The summed E-state index contributed by atoms with van der Waals surface area (Å²) in [5.74, 6) is 2.40. The number of nitrogens with zero attached hydrogens (tertiary/aromatic N) is 1. The second-order valence-electron chi connectivity index (χ2n) is 3.46. The van der Waals surface area contributed by atoms with Crippen LogP contribution in [0.15, 0.2) is 18.3 Å². The van der Waals surface area contributed by atoms with Crippen molar-refractivity contribution in [1.29, 1.82) is 0 Å². The molecular formula is C12H18N2O2S. The molecule has 4 nitrogen and oxygen atoms in total. The van der Waals surface area contributed by atoms with E-state index < -0.39 is 0 Å². The van der Waals surface area contributed by atoms with Gasteiger partial charge in [-0.05, 0) is 18.6 Å². The zero-order valence-electron chi connectivity index (χ0n) is 10.2. The van der Waals surface area contributed by atoms with Crippen molar-refractivity contribution in [3.63, 3.8) is 0 Å². The number of pyridine rings is 1. The lowest BCUT2D eigenvalue weighted by atomic mass is 10.3. The molecule has 1 rings (SSSR count). The molecular weight excluding hydrogens is 236 g/mol. The maximum absolute atomic E-state index is 10.9. The Hall–Kier alpha value is -1.23. The number of methoxy groups -OCH3 is 1. The first-order valence-electron chi connectivity index (χ1n) is 5.59. The highest BCUT2D eigenvalue weighted by Gasteiger charge is 2.00. The Balaban J connectivity index is 2.25. The topological polar surface area (TPSA) is 51.2 Å². The Morgan fingerprint density at radius 1 is 1.53 bits per heavy atom. The number of rotatable bonds is 7. The molecule has 0 aliphatic carbocycles. The van der Waals surface area contributed by atoms with Gasteiger partial charge in [-0.2, -0.15) is 11.8 Å². The third-order valence-electron chi connectivity index (χ3n) is 2.13. The Morgan fingerprint density at radius 2 is 2.35 bits per heavy atom. The van der Waals surface area contributed by atoms with Crippen LogP contribution in [0.3, 0.4) is 0 Å². The van der Waals surface area contributed by atoms with E-state index in [0.717, 1.165) is 23.9 Å². The lowest BCUT2D eigenvalue weighted by molar-refractivity contribution is -0.140. The van der Waals surface area contributed by atoms with Crippen molar-refractivity contribution in [3.8, 4) is 0 Å². The molecule has 17 heavy (non-hydrogen) atoms. The van der Waals surface area contributed by atoms with Gasteiger partial charge in [0.25, 0.3) is 0 Å². The number of carbonyl (C=O) groups excluding carboxylic acids is 1. The highest BCUT2D eigenvalue weighted by molar-refractivity contribution is 7.98. The zero-order chi connectivity index (χ0) is 12.5. The molecule has 0 atom stereocenters. The van der Waals surface area contributed by atoms with Crippen LogP contribution in [0.5, 0.6) is 0 Å². The average Bonchev–Trinajstić information content (AvgIpc) is 2.36. The molecule has 0 amide bonds. The normalized spacial score (nSPS) is 10.0. The third kappa shape index (κ3) is 5.58. The summed E-state index contributed by atoms with van der Waals surface area (Å²) in [6, 6.07) is 4.02. The van der Waals surface area contributed by atoms with Gasteiger partial charge in [-0.1, -0.05) is 6.07 Å². The van der Waals surface area contributed by atoms with Gasteiger partial charge in [0.05, 0.1) is 13.5 Å². The van der Waals surface area contributed by atoms with Crippen LogP contribution in [0.2, 0.25) is 0 Å². The van der Waals surface area contributed by atoms with Crippen LogP contribution < -0.4 is 5.32 Å². The second-order valence-corrected chi connectivity index (χ2v) is 4.57. The first-order valence-corrected chi connectivity index (χ1v) is 6.75. The number of nitrogens with one attached hydrogen (secondary N) is 1. The molecule has 0 saturated heterocycles. The van der Waals surface area contributed by atoms with Crippen molar-refractivity contribution in [1.82, 2.24) is 4.98 Å². The molecule has 0 bridgehead atoms. The number of hydrogen-bond donors (Lipinski definition) is 1. The fraction of sp³-hybridized carbons (Fsp3) is 0.500. The predicted octanol–water partition coefficient (Wildman–Crippen LogP) is 2.31. The molecule has 0 spiro atoms. The van der Waals surface area contributed by atoms with Gasteiger partial charge in [-0.25, -0.2) is 4.98 Å². The summed E-state index contributed by atoms with van der Waals surface area (Å²) in [6.07, 6.45) is 2.33. The smallest absolute Gasteiger partial charge is 0.306 e. The summed E-state index contributed by atoms with van der Waals surface area (Å²) in [7, 11) is 1.41. The Kier molecular flexibility index (Phi) is 6.47. The van der Waals surface area contributed by atoms with Crippen molar-refractivity contribution in [3.05, 3.63) is 23.9 Å². The molecule has 0 aromatic carbocycles. The Labute approximate surface area is 106 Å². The second kappa shape index (κ2) is 7.95. The summed E-state index contributed by atoms with van der Waals surface area (Å²) in [5.41, 5.74) is 1.17. The van der Waals surface area contributed by atoms with E-state index in [1.807, 2.05) is 19.2 Å². The summed E-state index contributed by atoms with van der Waals surface area (Å²) in [4.78, 5) is 15.2. The average molecular weight is 254 g/mol. The molecule has 0 saturated carbocycles. The van der Waals surface area contributed by atoms with E-state index >= 15 is 0 Å². The number of ether oxygens (including phenoxy) is 1. The SMILES string of the molecule is CCNc1ccc(CSCCC(=O)OC)cn1. The van der Waals surface area contributed by atoms with Crippen molar-refractivity contribution < 1.29 is 9.53 Å². The predicted molar refractivity (Wildman–Crippen MR) is 71.2 cm³/mol. The van der Waals surface area contributed by atoms with E-state index in [1.54, 1.807) is 11.8 Å². The molecule has 0 radical (unpaired) electrons. The highest BCUT2D eigenvalue weighted by atomic mass is 32.2. The molecule has 1 heterocycles. The van der Waals surface area contributed by atoms with Gasteiger partial charge in [0.1, 0.15) is 5.82 Å². The van der Waals surface area contributed by atoms with Crippen molar-refractivity contribution in [2.75, 3.05) is 24.7 Å². The van der Waals surface area contributed by atoms with Gasteiger partial charge in [-0.3, -0.25) is 4.79 Å². The minimum atomic E-state index is -0.155. The maximum Gasteiger partial charge on any atom is 0.306 e. The lowest BCUT2D eigenvalue weighted by Gasteiger charge is -2.04. The fourth-order valence-corrected chi connectivity index (χ4v) is 2.10. The van der Waals surface area contributed by atoms with E-state index in [-0.39, 0.29) is 5.97 Å². The number of thioether (sulfide) groups is 1. The molecule has 0 aliphatic rings. The van der Waals surface area contributed by atoms with E-state index in [0.29, 0.717) is 6.42 Å². The van der Waals surface area contributed by atoms with E-state index in [4.69, 9.17) is 0 Å². The van der Waals surface area contributed by atoms with E-state index in [1.165, 1.54) is 12.7 Å². The van der Waals surface area contributed by atoms with Crippen molar-refractivity contribution in [2.45, 2.75) is 19.1 Å². The molecule has 0 unspecified atom stereocenters. The zero-order valence-corrected chi connectivity index (χ0v) is 11.0. The molecule has 0 fully saturated rings. The van der Waals surface area contributed by atoms with E-state index in [9.17, 15) is 4.79 Å². The molecule has 1 aromatic heterocycles. The summed E-state index contributed by atoms with van der Waals surface area (Å²) in [5, 5.41) is 3.15. The number of carbonyl (C=O) groups is 1. The van der Waals surface area contributed by atoms with Gasteiger partial charge in [0.2, 0.25) is 0 Å². The Bertz CT molecular complexity index is 341. The fourth-order valence-electron chi connectivity index (χ4n) is 1.24. The molecule has 5 heteroatoms. The van der Waals surface area contributed by atoms with Crippen LogP contribution in [0.4, 0.5) is 5.82 Å². The van der Waals surface area contributed by atoms with Crippen LogP contribution >= 0.6 is 11.8 Å². The number of aromatic nitrogens is 1. The van der Waals surface area contributed by atoms with Crippen LogP contribution in [0.1, 0.15) is 18.9 Å². The van der Waals surface area contributed by atoms with Gasteiger partial charge in [0, 0.05) is 24.2 Å². The standard InChI is InChI=1S/C12H18N2O2S/c1-3-13-11-5-4-10(8-14-11)9-17-7-6-12(15)16-2/h4-5,8H,3,6-7,9H2,1-2H3,(H,13,14). The molecule has 94 valence electrons.